The number of methoxy groups -OCH3 is 1. The molecular formula is C16H20N2O3. The third kappa shape index (κ3) is 2.37. The van der Waals surface area contributed by atoms with Crippen LogP contribution in [0.5, 0.6) is 5.75 Å². The van der Waals surface area contributed by atoms with E-state index in [9.17, 15) is 9.59 Å². The molecule has 0 bridgehead atoms. The summed E-state index contributed by atoms with van der Waals surface area (Å²) < 4.78 is 5.13. The van der Waals surface area contributed by atoms with Crippen molar-refractivity contribution in [1.29, 1.82) is 0 Å². The zero-order chi connectivity index (χ0) is 15.0. The molecule has 1 aromatic carbocycles. The van der Waals surface area contributed by atoms with Crippen molar-refractivity contribution in [3.63, 3.8) is 0 Å². The summed E-state index contributed by atoms with van der Waals surface area (Å²) in [5.74, 6) is 0.941. The topological polar surface area (TPSA) is 49.9 Å². The van der Waals surface area contributed by atoms with Crippen LogP contribution in [0.25, 0.3) is 0 Å². The highest BCUT2D eigenvalue weighted by atomic mass is 16.5. The normalized spacial score (nSPS) is 25.2. The first-order valence-electron chi connectivity index (χ1n) is 7.35. The van der Waals surface area contributed by atoms with Gasteiger partial charge in [-0.2, -0.15) is 0 Å². The summed E-state index contributed by atoms with van der Waals surface area (Å²) in [4.78, 5) is 28.4. The Kier molecular flexibility index (Phi) is 3.57. The van der Waals surface area contributed by atoms with E-state index >= 15 is 0 Å². The lowest BCUT2D eigenvalue weighted by Gasteiger charge is -2.41. The number of carbonyl (C=O) groups is 2. The van der Waals surface area contributed by atoms with Gasteiger partial charge in [-0.25, -0.2) is 0 Å². The molecule has 21 heavy (non-hydrogen) atoms. The lowest BCUT2D eigenvalue weighted by atomic mass is 10.0. The van der Waals surface area contributed by atoms with E-state index in [1.54, 1.807) is 16.9 Å². The number of nitrogens with zero attached hydrogens (tertiary/aromatic N) is 2. The van der Waals surface area contributed by atoms with Gasteiger partial charge >= 0.3 is 0 Å². The summed E-state index contributed by atoms with van der Waals surface area (Å²) in [5, 5.41) is 0. The molecule has 0 saturated carbocycles. The first kappa shape index (κ1) is 13.9. The fraction of sp³-hybridized carbons (Fsp3) is 0.500. The van der Waals surface area contributed by atoms with Gasteiger partial charge in [-0.3, -0.25) is 9.59 Å². The summed E-state index contributed by atoms with van der Waals surface area (Å²) in [6, 6.07) is 6.99. The fourth-order valence-corrected chi connectivity index (χ4v) is 3.19. The summed E-state index contributed by atoms with van der Waals surface area (Å²) >= 11 is 0. The van der Waals surface area contributed by atoms with Gasteiger partial charge in [0.15, 0.2) is 0 Å². The predicted molar refractivity (Wildman–Crippen MR) is 77.7 cm³/mol. The van der Waals surface area contributed by atoms with Crippen LogP contribution in [-0.4, -0.2) is 47.4 Å². The molecule has 0 aliphatic carbocycles. The molecule has 0 radical (unpaired) electrons. The van der Waals surface area contributed by atoms with Gasteiger partial charge in [-0.15, -0.1) is 0 Å². The van der Waals surface area contributed by atoms with Crippen LogP contribution in [0.15, 0.2) is 24.3 Å². The molecule has 0 aromatic heterocycles. The van der Waals surface area contributed by atoms with Gasteiger partial charge in [0.05, 0.1) is 7.11 Å². The van der Waals surface area contributed by atoms with Gasteiger partial charge in [0.2, 0.25) is 11.8 Å². The van der Waals surface area contributed by atoms with Crippen molar-refractivity contribution < 1.29 is 14.3 Å². The Bertz CT molecular complexity index is 555. The van der Waals surface area contributed by atoms with Gasteiger partial charge in [-0.1, -0.05) is 12.1 Å². The first-order chi connectivity index (χ1) is 10.1. The molecule has 5 nitrogen and oxygen atoms in total. The minimum Gasteiger partial charge on any atom is -0.497 e. The zero-order valence-electron chi connectivity index (χ0n) is 12.4. The summed E-state index contributed by atoms with van der Waals surface area (Å²) in [6.07, 6.45) is 1.71. The minimum atomic E-state index is -0.381. The molecule has 1 aromatic rings. The monoisotopic (exact) mass is 288 g/mol. The van der Waals surface area contributed by atoms with E-state index in [4.69, 9.17) is 4.74 Å². The molecule has 2 aliphatic heterocycles. The molecule has 112 valence electrons. The molecule has 2 fully saturated rings. The molecule has 2 aliphatic rings. The maximum absolute atomic E-state index is 12.6. The number of rotatable bonds is 3. The zero-order valence-corrected chi connectivity index (χ0v) is 12.4. The largest absolute Gasteiger partial charge is 0.497 e. The van der Waals surface area contributed by atoms with E-state index in [0.29, 0.717) is 6.54 Å². The molecular weight excluding hydrogens is 268 g/mol. The SMILES string of the molecule is COc1ccc(CN2C(=O)C3CCCN3C(=O)C2C)cc1. The van der Waals surface area contributed by atoms with Gasteiger partial charge in [-0.05, 0) is 37.5 Å². The average Bonchev–Trinajstić information content (AvgIpc) is 3.00. The van der Waals surface area contributed by atoms with Crippen molar-refractivity contribution >= 4 is 11.8 Å². The highest BCUT2D eigenvalue weighted by Crippen LogP contribution is 2.28. The number of hydrogen-bond acceptors (Lipinski definition) is 3. The Morgan fingerprint density at radius 3 is 2.57 bits per heavy atom. The van der Waals surface area contributed by atoms with Crippen molar-refractivity contribution in [3.8, 4) is 5.75 Å². The van der Waals surface area contributed by atoms with Crippen LogP contribution >= 0.6 is 0 Å². The van der Waals surface area contributed by atoms with Gasteiger partial charge in [0.25, 0.3) is 0 Å². The van der Waals surface area contributed by atoms with Crippen LogP contribution in [0, 0.1) is 0 Å². The molecule has 2 heterocycles. The Morgan fingerprint density at radius 2 is 1.90 bits per heavy atom. The molecule has 0 spiro atoms. The maximum atomic E-state index is 12.6. The number of piperazine rings is 1. The number of carbonyl (C=O) groups excluding carboxylic acids is 2. The molecule has 2 atom stereocenters. The second-order valence-corrected chi connectivity index (χ2v) is 5.68. The van der Waals surface area contributed by atoms with Crippen molar-refractivity contribution in [3.05, 3.63) is 29.8 Å². The number of benzene rings is 1. The van der Waals surface area contributed by atoms with Crippen LogP contribution in [0.1, 0.15) is 25.3 Å². The lowest BCUT2D eigenvalue weighted by molar-refractivity contribution is -0.159. The maximum Gasteiger partial charge on any atom is 0.246 e. The van der Waals surface area contributed by atoms with Crippen LogP contribution in [-0.2, 0) is 16.1 Å². The quantitative estimate of drug-likeness (QED) is 0.845. The van der Waals surface area contributed by atoms with Gasteiger partial charge in [0, 0.05) is 13.1 Å². The van der Waals surface area contributed by atoms with E-state index in [0.717, 1.165) is 30.7 Å². The highest BCUT2D eigenvalue weighted by molar-refractivity contribution is 5.97. The average molecular weight is 288 g/mol. The van der Waals surface area contributed by atoms with E-state index < -0.39 is 0 Å². The number of hydrogen-bond donors (Lipinski definition) is 0. The van der Waals surface area contributed by atoms with Crippen molar-refractivity contribution in [1.82, 2.24) is 9.80 Å². The van der Waals surface area contributed by atoms with E-state index in [1.807, 2.05) is 31.2 Å². The Hall–Kier alpha value is -2.04. The summed E-state index contributed by atoms with van der Waals surface area (Å²) in [5.41, 5.74) is 1.01. The van der Waals surface area contributed by atoms with Gasteiger partial charge in [0.1, 0.15) is 17.8 Å². The summed E-state index contributed by atoms with van der Waals surface area (Å²) in [7, 11) is 1.62. The van der Waals surface area contributed by atoms with E-state index in [2.05, 4.69) is 0 Å². The molecule has 5 heteroatoms. The molecule has 2 saturated heterocycles. The number of ether oxygens (including phenoxy) is 1. The van der Waals surface area contributed by atoms with Crippen molar-refractivity contribution in [2.24, 2.45) is 0 Å². The van der Waals surface area contributed by atoms with E-state index in [-0.39, 0.29) is 23.9 Å². The Balaban J connectivity index is 1.79. The fourth-order valence-electron chi connectivity index (χ4n) is 3.19. The second kappa shape index (κ2) is 5.39. The van der Waals surface area contributed by atoms with E-state index in [1.165, 1.54) is 0 Å². The third-order valence-corrected chi connectivity index (χ3v) is 4.44. The first-order valence-corrected chi connectivity index (χ1v) is 7.35. The van der Waals surface area contributed by atoms with Crippen LogP contribution < -0.4 is 4.74 Å². The van der Waals surface area contributed by atoms with Crippen molar-refractivity contribution in [2.75, 3.05) is 13.7 Å². The number of fused-ring (bicyclic) bond motifs is 1. The van der Waals surface area contributed by atoms with Crippen LogP contribution in [0.4, 0.5) is 0 Å². The van der Waals surface area contributed by atoms with Gasteiger partial charge < -0.3 is 14.5 Å². The number of amides is 2. The van der Waals surface area contributed by atoms with Crippen molar-refractivity contribution in [2.45, 2.75) is 38.4 Å². The second-order valence-electron chi connectivity index (χ2n) is 5.68. The smallest absolute Gasteiger partial charge is 0.246 e. The molecule has 0 N–H and O–H groups in total. The molecule has 3 rings (SSSR count). The van der Waals surface area contributed by atoms with Crippen LogP contribution in [0.3, 0.4) is 0 Å². The third-order valence-electron chi connectivity index (χ3n) is 4.44. The standard InChI is InChI=1S/C16H20N2O3/c1-11-15(19)17-9-3-4-14(17)16(20)18(11)10-12-5-7-13(21-2)8-6-12/h5-8,11,14H,3-4,9-10H2,1-2H3. The molecule has 2 amide bonds. The Morgan fingerprint density at radius 1 is 1.19 bits per heavy atom. The Labute approximate surface area is 124 Å². The van der Waals surface area contributed by atoms with Crippen LogP contribution in [0.2, 0.25) is 0 Å². The molecule has 2 unspecified atom stereocenters. The summed E-state index contributed by atoms with van der Waals surface area (Å²) in [6.45, 7) is 3.01. The highest BCUT2D eigenvalue weighted by Gasteiger charge is 2.45. The minimum absolute atomic E-state index is 0.0746. The predicted octanol–water partition coefficient (Wildman–Crippen LogP) is 1.42. The lowest BCUT2D eigenvalue weighted by Crippen LogP contribution is -2.61.